The van der Waals surface area contributed by atoms with Gasteiger partial charge in [0.1, 0.15) is 5.76 Å². The van der Waals surface area contributed by atoms with Crippen LogP contribution in [0.3, 0.4) is 0 Å². The Labute approximate surface area is 73.0 Å². The topological polar surface area (TPSA) is 25.2 Å². The molecule has 0 atom stereocenters. The zero-order chi connectivity index (χ0) is 8.23. The maximum atomic E-state index is 5.23. The van der Waals surface area contributed by atoms with Crippen LogP contribution in [0.4, 0.5) is 0 Å². The van der Waals surface area contributed by atoms with E-state index in [1.807, 2.05) is 12.1 Å². The number of rotatable bonds is 3. The SMILES string of the molecule is c1coc(CNC2CCCC2)c1. The first-order valence-electron chi connectivity index (χ1n) is 4.71. The summed E-state index contributed by atoms with van der Waals surface area (Å²) in [6.45, 7) is 0.887. The molecule has 1 aromatic rings. The van der Waals surface area contributed by atoms with Gasteiger partial charge in [-0.2, -0.15) is 0 Å². The summed E-state index contributed by atoms with van der Waals surface area (Å²) in [6.07, 6.45) is 7.17. The summed E-state index contributed by atoms with van der Waals surface area (Å²) in [5.41, 5.74) is 0. The van der Waals surface area contributed by atoms with Crippen LogP contribution in [0.25, 0.3) is 0 Å². The van der Waals surface area contributed by atoms with E-state index in [9.17, 15) is 0 Å². The lowest BCUT2D eigenvalue weighted by atomic mass is 10.2. The maximum Gasteiger partial charge on any atom is 0.117 e. The molecular formula is C10H15NO. The Balaban J connectivity index is 1.74. The van der Waals surface area contributed by atoms with E-state index in [4.69, 9.17) is 4.42 Å². The smallest absolute Gasteiger partial charge is 0.117 e. The predicted molar refractivity (Wildman–Crippen MR) is 47.8 cm³/mol. The van der Waals surface area contributed by atoms with E-state index in [1.54, 1.807) is 6.26 Å². The fraction of sp³-hybridized carbons (Fsp3) is 0.600. The van der Waals surface area contributed by atoms with E-state index in [0.29, 0.717) is 0 Å². The Bertz CT molecular complexity index is 212. The molecule has 1 aliphatic rings. The molecular weight excluding hydrogens is 150 g/mol. The van der Waals surface area contributed by atoms with Gasteiger partial charge in [-0.3, -0.25) is 0 Å². The van der Waals surface area contributed by atoms with Gasteiger partial charge >= 0.3 is 0 Å². The Morgan fingerprint density at radius 1 is 1.42 bits per heavy atom. The molecule has 1 saturated carbocycles. The van der Waals surface area contributed by atoms with Crippen LogP contribution in [0.2, 0.25) is 0 Å². The lowest BCUT2D eigenvalue weighted by Crippen LogP contribution is -2.24. The first-order chi connectivity index (χ1) is 5.95. The highest BCUT2D eigenvalue weighted by Gasteiger charge is 2.13. The molecule has 12 heavy (non-hydrogen) atoms. The summed E-state index contributed by atoms with van der Waals surface area (Å²) in [7, 11) is 0. The minimum absolute atomic E-state index is 0.732. The van der Waals surface area contributed by atoms with Crippen molar-refractivity contribution in [1.82, 2.24) is 5.32 Å². The molecule has 66 valence electrons. The highest BCUT2D eigenvalue weighted by molar-refractivity contribution is 4.97. The fourth-order valence-corrected chi connectivity index (χ4v) is 1.79. The van der Waals surface area contributed by atoms with Crippen LogP contribution in [0, 0.1) is 0 Å². The van der Waals surface area contributed by atoms with Crippen molar-refractivity contribution in [3.63, 3.8) is 0 Å². The van der Waals surface area contributed by atoms with Crippen LogP contribution < -0.4 is 5.32 Å². The summed E-state index contributed by atoms with van der Waals surface area (Å²) >= 11 is 0. The number of hydrogen-bond donors (Lipinski definition) is 1. The molecule has 0 bridgehead atoms. The fourth-order valence-electron chi connectivity index (χ4n) is 1.79. The molecule has 1 N–H and O–H groups in total. The molecule has 2 heteroatoms. The molecule has 0 saturated heterocycles. The van der Waals surface area contributed by atoms with Crippen LogP contribution >= 0.6 is 0 Å². The van der Waals surface area contributed by atoms with Crippen LogP contribution in [0.1, 0.15) is 31.4 Å². The Morgan fingerprint density at radius 2 is 2.25 bits per heavy atom. The van der Waals surface area contributed by atoms with Gasteiger partial charge in [-0.1, -0.05) is 12.8 Å². The van der Waals surface area contributed by atoms with E-state index in [-0.39, 0.29) is 0 Å². The highest BCUT2D eigenvalue weighted by Crippen LogP contribution is 2.17. The molecule has 1 aromatic heterocycles. The molecule has 2 nitrogen and oxygen atoms in total. The van der Waals surface area contributed by atoms with Gasteiger partial charge < -0.3 is 9.73 Å². The quantitative estimate of drug-likeness (QED) is 0.743. The van der Waals surface area contributed by atoms with Gasteiger partial charge in [0.15, 0.2) is 0 Å². The van der Waals surface area contributed by atoms with Crippen LogP contribution in [-0.2, 0) is 6.54 Å². The van der Waals surface area contributed by atoms with Gasteiger partial charge in [0.2, 0.25) is 0 Å². The van der Waals surface area contributed by atoms with Crippen molar-refractivity contribution in [2.75, 3.05) is 0 Å². The summed E-state index contributed by atoms with van der Waals surface area (Å²) in [6, 6.07) is 4.68. The third-order valence-corrected chi connectivity index (χ3v) is 2.50. The first-order valence-corrected chi connectivity index (χ1v) is 4.71. The van der Waals surface area contributed by atoms with Crippen molar-refractivity contribution in [2.45, 2.75) is 38.3 Å². The number of nitrogens with one attached hydrogen (secondary N) is 1. The summed E-state index contributed by atoms with van der Waals surface area (Å²) in [5, 5.41) is 3.49. The first kappa shape index (κ1) is 7.87. The third kappa shape index (κ3) is 1.89. The monoisotopic (exact) mass is 165 g/mol. The molecule has 0 unspecified atom stereocenters. The van der Waals surface area contributed by atoms with Gasteiger partial charge in [-0.05, 0) is 25.0 Å². The van der Waals surface area contributed by atoms with Crippen molar-refractivity contribution in [3.8, 4) is 0 Å². The van der Waals surface area contributed by atoms with Gasteiger partial charge in [0.05, 0.1) is 12.8 Å². The lowest BCUT2D eigenvalue weighted by Gasteiger charge is -2.09. The molecule has 2 rings (SSSR count). The van der Waals surface area contributed by atoms with Crippen molar-refractivity contribution < 1.29 is 4.42 Å². The zero-order valence-corrected chi connectivity index (χ0v) is 7.25. The molecule has 0 aliphatic heterocycles. The molecule has 0 aromatic carbocycles. The van der Waals surface area contributed by atoms with Crippen LogP contribution in [-0.4, -0.2) is 6.04 Å². The number of hydrogen-bond acceptors (Lipinski definition) is 2. The average Bonchev–Trinajstić information content (AvgIpc) is 2.74. The Kier molecular flexibility index (Phi) is 2.47. The van der Waals surface area contributed by atoms with Crippen LogP contribution in [0.15, 0.2) is 22.8 Å². The van der Waals surface area contributed by atoms with Crippen molar-refractivity contribution in [3.05, 3.63) is 24.2 Å². The van der Waals surface area contributed by atoms with Crippen LogP contribution in [0.5, 0.6) is 0 Å². The molecule has 0 radical (unpaired) electrons. The van der Waals surface area contributed by atoms with Gasteiger partial charge in [0.25, 0.3) is 0 Å². The second kappa shape index (κ2) is 3.76. The molecule has 0 spiro atoms. The Hall–Kier alpha value is -0.760. The summed E-state index contributed by atoms with van der Waals surface area (Å²) in [5.74, 6) is 1.04. The van der Waals surface area contributed by atoms with Crippen molar-refractivity contribution in [1.29, 1.82) is 0 Å². The maximum absolute atomic E-state index is 5.23. The van der Waals surface area contributed by atoms with Crippen molar-refractivity contribution in [2.24, 2.45) is 0 Å². The normalized spacial score (nSPS) is 18.7. The average molecular weight is 165 g/mol. The number of furan rings is 1. The summed E-state index contributed by atoms with van der Waals surface area (Å²) in [4.78, 5) is 0. The van der Waals surface area contributed by atoms with E-state index in [0.717, 1.165) is 18.3 Å². The van der Waals surface area contributed by atoms with Gasteiger partial charge in [0, 0.05) is 6.04 Å². The summed E-state index contributed by atoms with van der Waals surface area (Å²) < 4.78 is 5.23. The predicted octanol–water partition coefficient (Wildman–Crippen LogP) is 2.31. The molecule has 1 fully saturated rings. The Morgan fingerprint density at radius 3 is 2.92 bits per heavy atom. The van der Waals surface area contributed by atoms with E-state index in [2.05, 4.69) is 5.32 Å². The second-order valence-electron chi connectivity index (χ2n) is 3.44. The van der Waals surface area contributed by atoms with Gasteiger partial charge in [-0.25, -0.2) is 0 Å². The minimum atomic E-state index is 0.732. The zero-order valence-electron chi connectivity index (χ0n) is 7.25. The van der Waals surface area contributed by atoms with Gasteiger partial charge in [-0.15, -0.1) is 0 Å². The molecule has 0 amide bonds. The lowest BCUT2D eigenvalue weighted by molar-refractivity contribution is 0.446. The standard InChI is InChI=1S/C10H15NO/c1-2-5-9(4-1)11-8-10-6-3-7-12-10/h3,6-7,9,11H,1-2,4-5,8H2. The van der Waals surface area contributed by atoms with Crippen molar-refractivity contribution >= 4 is 0 Å². The largest absolute Gasteiger partial charge is 0.468 e. The minimum Gasteiger partial charge on any atom is -0.468 e. The molecule has 1 heterocycles. The molecule has 1 aliphatic carbocycles. The third-order valence-electron chi connectivity index (χ3n) is 2.50. The van der Waals surface area contributed by atoms with E-state index < -0.39 is 0 Å². The highest BCUT2D eigenvalue weighted by atomic mass is 16.3. The second-order valence-corrected chi connectivity index (χ2v) is 3.44. The van der Waals surface area contributed by atoms with E-state index in [1.165, 1.54) is 25.7 Å². The van der Waals surface area contributed by atoms with E-state index >= 15 is 0 Å².